The fourth-order valence-corrected chi connectivity index (χ4v) is 6.90. The van der Waals surface area contributed by atoms with Crippen LogP contribution in [0.3, 0.4) is 0 Å². The molecule has 0 aliphatic rings. The fraction of sp³-hybridized carbons (Fsp3) is 0.554. The molecule has 6 heteroatoms. The van der Waals surface area contributed by atoms with Crippen molar-refractivity contribution in [2.24, 2.45) is 0 Å². The lowest BCUT2D eigenvalue weighted by Gasteiger charge is -2.18. The molecular formula is C65H100O6. The highest BCUT2D eigenvalue weighted by Gasteiger charge is 2.19. The van der Waals surface area contributed by atoms with Gasteiger partial charge in [-0.1, -0.05) is 224 Å². The molecule has 0 saturated carbocycles. The van der Waals surface area contributed by atoms with Crippen molar-refractivity contribution in [3.8, 4) is 0 Å². The van der Waals surface area contributed by atoms with Gasteiger partial charge in [0, 0.05) is 19.3 Å². The molecule has 0 bridgehead atoms. The van der Waals surface area contributed by atoms with Crippen molar-refractivity contribution in [2.75, 3.05) is 13.2 Å². The Morgan fingerprint density at radius 3 is 1.04 bits per heavy atom. The summed E-state index contributed by atoms with van der Waals surface area (Å²) in [6.07, 6.45) is 83.8. The molecule has 0 aliphatic carbocycles. The van der Waals surface area contributed by atoms with Crippen LogP contribution in [0.1, 0.15) is 213 Å². The Morgan fingerprint density at radius 1 is 0.310 bits per heavy atom. The van der Waals surface area contributed by atoms with Crippen LogP contribution in [0.4, 0.5) is 0 Å². The topological polar surface area (TPSA) is 78.9 Å². The number of hydrogen-bond donors (Lipinski definition) is 0. The fourth-order valence-electron chi connectivity index (χ4n) is 6.90. The Morgan fingerprint density at radius 2 is 0.620 bits per heavy atom. The molecule has 0 heterocycles. The highest BCUT2D eigenvalue weighted by Crippen LogP contribution is 2.12. The lowest BCUT2D eigenvalue weighted by molar-refractivity contribution is -0.166. The molecule has 0 fully saturated rings. The first kappa shape index (κ1) is 66.0. The van der Waals surface area contributed by atoms with Crippen LogP contribution in [0, 0.1) is 0 Å². The van der Waals surface area contributed by atoms with E-state index in [9.17, 15) is 14.4 Å². The summed E-state index contributed by atoms with van der Waals surface area (Å²) in [5, 5.41) is 0. The number of carbonyl (C=O) groups is 3. The number of unbranched alkanes of at least 4 members (excludes halogenated alkanes) is 12. The molecule has 0 spiro atoms. The van der Waals surface area contributed by atoms with Crippen molar-refractivity contribution < 1.29 is 28.6 Å². The Hall–Kier alpha value is -4.97. The van der Waals surface area contributed by atoms with E-state index in [0.29, 0.717) is 19.3 Å². The quantitative estimate of drug-likeness (QED) is 0.0199. The second-order valence-electron chi connectivity index (χ2n) is 17.8. The van der Waals surface area contributed by atoms with Crippen molar-refractivity contribution in [1.82, 2.24) is 0 Å². The van der Waals surface area contributed by atoms with Gasteiger partial charge in [0.2, 0.25) is 0 Å². The number of rotatable bonds is 48. The Bertz CT molecular complexity index is 1640. The maximum Gasteiger partial charge on any atom is 0.306 e. The van der Waals surface area contributed by atoms with Gasteiger partial charge in [-0.15, -0.1) is 0 Å². The van der Waals surface area contributed by atoms with Crippen LogP contribution >= 0.6 is 0 Å². The average Bonchev–Trinajstić information content (AvgIpc) is 3.37. The van der Waals surface area contributed by atoms with Crippen LogP contribution in [-0.2, 0) is 28.6 Å². The number of allylic oxidation sites excluding steroid dienone is 26. The molecule has 0 rings (SSSR count). The van der Waals surface area contributed by atoms with Crippen LogP contribution in [0.15, 0.2) is 158 Å². The first-order valence-electron chi connectivity index (χ1n) is 28.0. The molecule has 396 valence electrons. The zero-order valence-electron chi connectivity index (χ0n) is 45.2. The van der Waals surface area contributed by atoms with Crippen LogP contribution in [0.2, 0.25) is 0 Å². The van der Waals surface area contributed by atoms with Gasteiger partial charge in [0.25, 0.3) is 0 Å². The molecule has 0 saturated heterocycles. The molecule has 0 aromatic heterocycles. The van der Waals surface area contributed by atoms with Gasteiger partial charge in [-0.25, -0.2) is 0 Å². The normalized spacial score (nSPS) is 13.3. The van der Waals surface area contributed by atoms with E-state index >= 15 is 0 Å². The lowest BCUT2D eigenvalue weighted by atomic mass is 10.1. The van der Waals surface area contributed by atoms with Crippen molar-refractivity contribution in [2.45, 2.75) is 219 Å². The molecule has 1 atom stereocenters. The SMILES string of the molecule is CC/C=C\C/C=C\C/C=C\C/C=C\C/C=C\C/C=C\CCC(=O)OCC(COC(=O)CCCCCCCC/C=C\C=C/CCCCC)OC(=O)CCCCC/C=C\C/C=C\C/C=C\C/C=C\C/C=C\CC. The summed E-state index contributed by atoms with van der Waals surface area (Å²) < 4.78 is 16.7. The minimum atomic E-state index is -0.840. The van der Waals surface area contributed by atoms with E-state index in [4.69, 9.17) is 14.2 Å². The van der Waals surface area contributed by atoms with Gasteiger partial charge in [-0.3, -0.25) is 14.4 Å². The van der Waals surface area contributed by atoms with Crippen LogP contribution < -0.4 is 0 Å². The zero-order valence-corrected chi connectivity index (χ0v) is 45.2. The average molecular weight is 978 g/mol. The Labute approximate surface area is 435 Å². The van der Waals surface area contributed by atoms with E-state index in [0.717, 1.165) is 128 Å². The summed E-state index contributed by atoms with van der Waals surface area (Å²) in [5.74, 6) is -1.07. The second-order valence-corrected chi connectivity index (χ2v) is 17.8. The number of esters is 3. The predicted molar refractivity (Wildman–Crippen MR) is 306 cm³/mol. The van der Waals surface area contributed by atoms with Crippen molar-refractivity contribution >= 4 is 17.9 Å². The second kappa shape index (κ2) is 57.6. The summed E-state index contributed by atoms with van der Waals surface area (Å²) in [5.41, 5.74) is 0. The maximum atomic E-state index is 12.8. The molecule has 0 radical (unpaired) electrons. The molecule has 6 nitrogen and oxygen atoms in total. The highest BCUT2D eigenvalue weighted by molar-refractivity contribution is 5.71. The van der Waals surface area contributed by atoms with E-state index in [-0.39, 0.29) is 44.0 Å². The molecule has 71 heavy (non-hydrogen) atoms. The number of ether oxygens (including phenoxy) is 3. The highest BCUT2D eigenvalue weighted by atomic mass is 16.6. The molecule has 0 N–H and O–H groups in total. The van der Waals surface area contributed by atoms with Crippen molar-refractivity contribution in [1.29, 1.82) is 0 Å². The number of carbonyl (C=O) groups excluding carboxylic acids is 3. The first-order valence-corrected chi connectivity index (χ1v) is 28.0. The lowest BCUT2D eigenvalue weighted by Crippen LogP contribution is -2.30. The van der Waals surface area contributed by atoms with E-state index in [1.807, 2.05) is 12.2 Å². The van der Waals surface area contributed by atoms with E-state index in [1.165, 1.54) is 32.1 Å². The summed E-state index contributed by atoms with van der Waals surface area (Å²) >= 11 is 0. The van der Waals surface area contributed by atoms with E-state index < -0.39 is 6.10 Å². The van der Waals surface area contributed by atoms with Crippen molar-refractivity contribution in [3.05, 3.63) is 158 Å². The van der Waals surface area contributed by atoms with E-state index in [1.54, 1.807) is 0 Å². The maximum absolute atomic E-state index is 12.8. The standard InChI is InChI=1S/C65H100O6/c1-4-7-10-13-16-19-22-25-28-30-32-34-37-40-43-46-49-52-55-58-64(67)70-61-62(60-69-63(66)57-54-51-48-45-42-39-36-27-24-21-18-15-12-9-6-3)71-65(68)59-56-53-50-47-44-41-38-35-33-31-29-26-23-20-17-14-11-8-5-2/h7-8,10-11,16-21,24-29,32-35,40-41,43-44,49,52,62H,4-6,9,12-15,22-23,30-31,36-39,42,45-48,50-51,53-61H2,1-3H3/b10-7-,11-8-,19-16-,20-17-,21-18-,27-24-,28-25-,29-26-,34-32-,35-33-,43-40-,44-41-,52-49-. The van der Waals surface area contributed by atoms with Gasteiger partial charge in [-0.05, 0) is 128 Å². The Kier molecular flexibility index (Phi) is 53.6. The molecule has 0 aromatic carbocycles. The third kappa shape index (κ3) is 55.8. The van der Waals surface area contributed by atoms with Gasteiger partial charge in [0.1, 0.15) is 13.2 Å². The van der Waals surface area contributed by atoms with Gasteiger partial charge in [-0.2, -0.15) is 0 Å². The minimum Gasteiger partial charge on any atom is -0.462 e. The summed E-state index contributed by atoms with van der Waals surface area (Å²) in [4.78, 5) is 38.1. The van der Waals surface area contributed by atoms with Gasteiger partial charge in [0.15, 0.2) is 6.10 Å². The van der Waals surface area contributed by atoms with Crippen LogP contribution in [-0.4, -0.2) is 37.2 Å². The number of hydrogen-bond acceptors (Lipinski definition) is 6. The first-order chi connectivity index (χ1) is 35.0. The largest absolute Gasteiger partial charge is 0.462 e. The summed E-state index contributed by atoms with van der Waals surface area (Å²) in [7, 11) is 0. The van der Waals surface area contributed by atoms with Gasteiger partial charge >= 0.3 is 17.9 Å². The van der Waals surface area contributed by atoms with Crippen LogP contribution in [0.25, 0.3) is 0 Å². The molecule has 1 unspecified atom stereocenters. The third-order valence-corrected chi connectivity index (χ3v) is 11.0. The Balaban J connectivity index is 4.62. The predicted octanol–water partition coefficient (Wildman–Crippen LogP) is 19.0. The summed E-state index contributed by atoms with van der Waals surface area (Å²) in [6.45, 7) is 6.26. The summed E-state index contributed by atoms with van der Waals surface area (Å²) in [6, 6.07) is 0. The minimum absolute atomic E-state index is 0.128. The monoisotopic (exact) mass is 977 g/mol. The van der Waals surface area contributed by atoms with E-state index in [2.05, 4.69) is 167 Å². The van der Waals surface area contributed by atoms with Crippen LogP contribution in [0.5, 0.6) is 0 Å². The van der Waals surface area contributed by atoms with Gasteiger partial charge in [0.05, 0.1) is 0 Å². The molecule has 0 aliphatic heterocycles. The van der Waals surface area contributed by atoms with Crippen molar-refractivity contribution in [3.63, 3.8) is 0 Å². The zero-order chi connectivity index (χ0) is 51.4. The molecular weight excluding hydrogens is 877 g/mol. The van der Waals surface area contributed by atoms with Gasteiger partial charge < -0.3 is 14.2 Å². The molecule has 0 aromatic rings. The molecule has 0 amide bonds. The smallest absolute Gasteiger partial charge is 0.306 e. The third-order valence-electron chi connectivity index (χ3n) is 11.0.